The second-order valence-corrected chi connectivity index (χ2v) is 4.38. The Hall–Kier alpha value is -2.75. The van der Waals surface area contributed by atoms with Crippen molar-refractivity contribution in [1.29, 1.82) is 0 Å². The summed E-state index contributed by atoms with van der Waals surface area (Å²) >= 11 is 0. The summed E-state index contributed by atoms with van der Waals surface area (Å²) < 4.78 is 13.8. The first-order valence-corrected chi connectivity index (χ1v) is 6.04. The molecule has 0 atom stereocenters. The molecule has 0 bridgehead atoms. The van der Waals surface area contributed by atoms with E-state index in [1.165, 1.54) is 12.1 Å². The number of nitrogens with zero attached hydrogens (tertiary/aromatic N) is 1. The molecule has 98 valence electrons. The summed E-state index contributed by atoms with van der Waals surface area (Å²) in [5.74, 6) is -2.02. The number of hydrogen-bond donors (Lipinski definition) is 1. The summed E-state index contributed by atoms with van der Waals surface area (Å²) in [5, 5.41) is 9.80. The number of carboxylic acid groups (broad SMARTS) is 1. The molecule has 1 aromatic heterocycles. The number of pyridine rings is 1. The van der Waals surface area contributed by atoms with Crippen LogP contribution in [0.5, 0.6) is 0 Å². The van der Waals surface area contributed by atoms with Crippen molar-refractivity contribution in [3.8, 4) is 11.1 Å². The Morgan fingerprint density at radius 3 is 2.65 bits per heavy atom. The highest BCUT2D eigenvalue weighted by Gasteiger charge is 2.12. The van der Waals surface area contributed by atoms with Gasteiger partial charge in [-0.2, -0.15) is 0 Å². The number of carboxylic acids is 1. The van der Waals surface area contributed by atoms with E-state index in [0.717, 1.165) is 16.5 Å². The van der Waals surface area contributed by atoms with Crippen molar-refractivity contribution in [2.24, 2.45) is 0 Å². The molecule has 0 spiro atoms. The number of aromatic carboxylic acids is 1. The maximum absolute atomic E-state index is 13.8. The number of halogens is 1. The van der Waals surface area contributed by atoms with Crippen molar-refractivity contribution >= 4 is 16.9 Å². The van der Waals surface area contributed by atoms with E-state index >= 15 is 0 Å². The van der Waals surface area contributed by atoms with E-state index in [1.54, 1.807) is 12.3 Å². The van der Waals surface area contributed by atoms with Gasteiger partial charge in [0, 0.05) is 17.1 Å². The van der Waals surface area contributed by atoms with Gasteiger partial charge in [0.25, 0.3) is 0 Å². The fourth-order valence-electron chi connectivity index (χ4n) is 2.19. The Bertz CT molecular complexity index is 809. The molecule has 0 unspecified atom stereocenters. The van der Waals surface area contributed by atoms with Crippen LogP contribution < -0.4 is 0 Å². The van der Waals surface area contributed by atoms with Gasteiger partial charge in [0.1, 0.15) is 5.82 Å². The van der Waals surface area contributed by atoms with Crippen molar-refractivity contribution in [2.45, 2.75) is 0 Å². The molecule has 0 amide bonds. The summed E-state index contributed by atoms with van der Waals surface area (Å²) in [5.41, 5.74) is 1.81. The Morgan fingerprint density at radius 2 is 1.90 bits per heavy atom. The lowest BCUT2D eigenvalue weighted by Gasteiger charge is -2.07. The van der Waals surface area contributed by atoms with Gasteiger partial charge < -0.3 is 5.11 Å². The minimum atomic E-state index is -1.27. The number of para-hydroxylation sites is 1. The number of carbonyl (C=O) groups is 1. The monoisotopic (exact) mass is 267 g/mol. The normalized spacial score (nSPS) is 10.7. The highest BCUT2D eigenvalue weighted by molar-refractivity contribution is 5.94. The molecule has 2 aromatic carbocycles. The molecule has 0 saturated carbocycles. The quantitative estimate of drug-likeness (QED) is 0.769. The van der Waals surface area contributed by atoms with Crippen LogP contribution in [0.2, 0.25) is 0 Å². The molecule has 20 heavy (non-hydrogen) atoms. The van der Waals surface area contributed by atoms with E-state index in [4.69, 9.17) is 5.11 Å². The third-order valence-electron chi connectivity index (χ3n) is 3.14. The first-order chi connectivity index (χ1) is 9.66. The van der Waals surface area contributed by atoms with Crippen LogP contribution in [0, 0.1) is 5.82 Å². The van der Waals surface area contributed by atoms with Gasteiger partial charge in [-0.15, -0.1) is 0 Å². The maximum atomic E-state index is 13.8. The SMILES string of the molecule is O=C(O)c1ccc(-c2cccc3cccnc23)cc1F. The summed E-state index contributed by atoms with van der Waals surface area (Å²) in [4.78, 5) is 15.1. The summed E-state index contributed by atoms with van der Waals surface area (Å²) in [6.45, 7) is 0. The van der Waals surface area contributed by atoms with Gasteiger partial charge >= 0.3 is 5.97 Å². The Morgan fingerprint density at radius 1 is 1.10 bits per heavy atom. The number of hydrogen-bond acceptors (Lipinski definition) is 2. The third kappa shape index (κ3) is 2.01. The third-order valence-corrected chi connectivity index (χ3v) is 3.14. The van der Waals surface area contributed by atoms with Crippen LogP contribution in [-0.2, 0) is 0 Å². The molecule has 0 radical (unpaired) electrons. The van der Waals surface area contributed by atoms with Gasteiger partial charge in [0.15, 0.2) is 0 Å². The van der Waals surface area contributed by atoms with E-state index < -0.39 is 11.8 Å². The van der Waals surface area contributed by atoms with Gasteiger partial charge in [0.2, 0.25) is 0 Å². The topological polar surface area (TPSA) is 50.2 Å². The van der Waals surface area contributed by atoms with Gasteiger partial charge in [-0.25, -0.2) is 9.18 Å². The molecule has 0 saturated heterocycles. The predicted molar refractivity (Wildman–Crippen MR) is 74.1 cm³/mol. The van der Waals surface area contributed by atoms with Gasteiger partial charge in [0.05, 0.1) is 11.1 Å². The fraction of sp³-hybridized carbons (Fsp3) is 0. The van der Waals surface area contributed by atoms with Crippen LogP contribution in [0.1, 0.15) is 10.4 Å². The predicted octanol–water partition coefficient (Wildman–Crippen LogP) is 3.74. The van der Waals surface area contributed by atoms with Gasteiger partial charge in [-0.1, -0.05) is 30.3 Å². The fourth-order valence-corrected chi connectivity index (χ4v) is 2.19. The number of aromatic nitrogens is 1. The van der Waals surface area contributed by atoms with Crippen LogP contribution in [0.3, 0.4) is 0 Å². The van der Waals surface area contributed by atoms with Crippen molar-refractivity contribution < 1.29 is 14.3 Å². The first-order valence-electron chi connectivity index (χ1n) is 6.04. The molecule has 4 heteroatoms. The van der Waals surface area contributed by atoms with Crippen molar-refractivity contribution in [1.82, 2.24) is 4.98 Å². The molecule has 1 N–H and O–H groups in total. The zero-order valence-electron chi connectivity index (χ0n) is 10.4. The number of rotatable bonds is 2. The first kappa shape index (κ1) is 12.3. The molecule has 0 aliphatic heterocycles. The second-order valence-electron chi connectivity index (χ2n) is 4.38. The molecule has 0 fully saturated rings. The molecular formula is C16H10FNO2. The van der Waals surface area contributed by atoms with Crippen LogP contribution in [0.15, 0.2) is 54.7 Å². The van der Waals surface area contributed by atoms with Gasteiger partial charge in [-0.05, 0) is 23.8 Å². The lowest BCUT2D eigenvalue weighted by atomic mass is 10.0. The molecule has 3 nitrogen and oxygen atoms in total. The number of benzene rings is 2. The Balaban J connectivity index is 2.21. The minimum absolute atomic E-state index is 0.332. The Kier molecular flexibility index (Phi) is 2.91. The van der Waals surface area contributed by atoms with Gasteiger partial charge in [-0.3, -0.25) is 4.98 Å². The smallest absolute Gasteiger partial charge is 0.338 e. The maximum Gasteiger partial charge on any atom is 0.338 e. The summed E-state index contributed by atoms with van der Waals surface area (Å²) in [7, 11) is 0. The van der Waals surface area contributed by atoms with E-state index in [-0.39, 0.29) is 5.56 Å². The molecule has 0 aliphatic carbocycles. The van der Waals surface area contributed by atoms with Crippen LogP contribution >= 0.6 is 0 Å². The largest absolute Gasteiger partial charge is 0.478 e. The van der Waals surface area contributed by atoms with E-state index in [2.05, 4.69) is 4.98 Å². The standard InChI is InChI=1S/C16H10FNO2/c17-14-9-11(6-7-13(14)16(19)20)12-5-1-3-10-4-2-8-18-15(10)12/h1-9H,(H,19,20). The van der Waals surface area contributed by atoms with Crippen molar-refractivity contribution in [3.05, 3.63) is 66.1 Å². The number of fused-ring (bicyclic) bond motifs is 1. The second kappa shape index (κ2) is 4.74. The molecular weight excluding hydrogens is 257 g/mol. The lowest BCUT2D eigenvalue weighted by Crippen LogP contribution is -2.00. The van der Waals surface area contributed by atoms with E-state index in [0.29, 0.717) is 5.56 Å². The minimum Gasteiger partial charge on any atom is -0.478 e. The highest BCUT2D eigenvalue weighted by Crippen LogP contribution is 2.28. The average molecular weight is 267 g/mol. The average Bonchev–Trinajstić information content (AvgIpc) is 2.46. The summed E-state index contributed by atoms with van der Waals surface area (Å²) in [6.07, 6.45) is 1.67. The summed E-state index contributed by atoms with van der Waals surface area (Å²) in [6, 6.07) is 13.5. The van der Waals surface area contributed by atoms with Crippen molar-refractivity contribution in [2.75, 3.05) is 0 Å². The molecule has 3 aromatic rings. The highest BCUT2D eigenvalue weighted by atomic mass is 19.1. The lowest BCUT2D eigenvalue weighted by molar-refractivity contribution is 0.0692. The van der Waals surface area contributed by atoms with E-state index in [1.807, 2.05) is 30.3 Å². The van der Waals surface area contributed by atoms with Crippen LogP contribution in [0.25, 0.3) is 22.0 Å². The zero-order valence-corrected chi connectivity index (χ0v) is 10.4. The zero-order chi connectivity index (χ0) is 14.1. The molecule has 3 rings (SSSR count). The van der Waals surface area contributed by atoms with Crippen LogP contribution in [0.4, 0.5) is 4.39 Å². The van der Waals surface area contributed by atoms with Crippen LogP contribution in [-0.4, -0.2) is 16.1 Å². The van der Waals surface area contributed by atoms with E-state index in [9.17, 15) is 9.18 Å². The molecule has 1 heterocycles. The molecule has 0 aliphatic rings. The van der Waals surface area contributed by atoms with Crippen molar-refractivity contribution in [3.63, 3.8) is 0 Å². The Labute approximate surface area is 114 Å².